The summed E-state index contributed by atoms with van der Waals surface area (Å²) in [4.78, 5) is 137. The van der Waals surface area contributed by atoms with Gasteiger partial charge in [-0.25, -0.2) is 4.79 Å². The maximum absolute atomic E-state index is 16.4. The summed E-state index contributed by atoms with van der Waals surface area (Å²) in [7, 11) is 0. The summed E-state index contributed by atoms with van der Waals surface area (Å²) in [5.74, 6) is -18.3. The zero-order valence-corrected chi connectivity index (χ0v) is 71.1. The third-order valence-corrected chi connectivity index (χ3v) is 24.2. The van der Waals surface area contributed by atoms with Gasteiger partial charge in [0, 0.05) is 105 Å². The Labute approximate surface area is 724 Å². The van der Waals surface area contributed by atoms with E-state index in [1.807, 2.05) is 46.8 Å². The molecule has 8 aliphatic rings. The molecule has 2 unspecified atom stereocenters. The number of aliphatic hydroxyl groups excluding tert-OH is 6. The highest BCUT2D eigenvalue weighted by Crippen LogP contribution is 2.51. The average molecular weight is 1760 g/mol. The molecule has 0 aliphatic carbocycles. The zero-order chi connectivity index (χ0) is 89.8. The van der Waals surface area contributed by atoms with Crippen molar-refractivity contribution in [3.05, 3.63) is 146 Å². The third-order valence-electron chi connectivity index (χ3n) is 23.6. The van der Waals surface area contributed by atoms with Gasteiger partial charge in [-0.15, -0.1) is 0 Å². The molecule has 5 amide bonds. The number of phenolic OH excluding ortho intramolecular Hbond substituents is 3. The summed E-state index contributed by atoms with van der Waals surface area (Å²) < 4.78 is 45.7. The van der Waals surface area contributed by atoms with Crippen molar-refractivity contribution in [3.8, 4) is 62.9 Å². The summed E-state index contributed by atoms with van der Waals surface area (Å²) in [6.07, 6.45) is -19.1. The maximum atomic E-state index is 16.4. The van der Waals surface area contributed by atoms with Gasteiger partial charge >= 0.3 is 5.97 Å². The van der Waals surface area contributed by atoms with E-state index in [0.29, 0.717) is 57.9 Å². The first kappa shape index (κ1) is 93.0. The minimum Gasteiger partial charge on any atom is -0.508 e. The van der Waals surface area contributed by atoms with Gasteiger partial charge in [-0.2, -0.15) is 0 Å². The van der Waals surface area contributed by atoms with Crippen LogP contribution in [-0.4, -0.2) is 240 Å². The summed E-state index contributed by atoms with van der Waals surface area (Å²) in [5.41, 5.74) is 4.60. The lowest BCUT2D eigenvalue weighted by molar-refractivity contribution is -0.334. The second-order valence-electron chi connectivity index (χ2n) is 33.2. The number of primary amides is 1. The molecule has 6 aromatic carbocycles. The fourth-order valence-corrected chi connectivity index (χ4v) is 17.3. The number of hydrogen-bond donors (Lipinski definition) is 16. The van der Waals surface area contributed by atoms with Crippen molar-refractivity contribution in [1.82, 2.24) is 36.4 Å². The van der Waals surface area contributed by atoms with Crippen LogP contribution in [-0.2, 0) is 52.6 Å². The Morgan fingerprint density at radius 1 is 0.710 bits per heavy atom. The number of amides is 5. The molecule has 0 aromatic heterocycles. The van der Waals surface area contributed by atoms with Crippen LogP contribution in [0.5, 0.6) is 51.7 Å². The van der Waals surface area contributed by atoms with Gasteiger partial charge < -0.3 is 117 Å². The van der Waals surface area contributed by atoms with Crippen LogP contribution in [0.3, 0.4) is 0 Å². The number of aryl methyl sites for hydroxylation is 2. The number of benzene rings is 6. The Balaban J connectivity index is 0.962. The predicted octanol–water partition coefficient (Wildman–Crippen LogP) is 6.06. The number of phenols is 3. The maximum Gasteiger partial charge on any atom is 0.330 e. The Morgan fingerprint density at radius 3 is 1.95 bits per heavy atom. The van der Waals surface area contributed by atoms with Crippen LogP contribution in [0.4, 0.5) is 0 Å². The largest absolute Gasteiger partial charge is 0.508 e. The molecule has 0 saturated carbocycles. The number of carbonyl (C=O) groups is 9. The van der Waals surface area contributed by atoms with Crippen molar-refractivity contribution < 1.29 is 127 Å². The van der Waals surface area contributed by atoms with Gasteiger partial charge in [-0.3, -0.25) is 48.2 Å². The fourth-order valence-electron chi connectivity index (χ4n) is 16.9. The van der Waals surface area contributed by atoms with Gasteiger partial charge in [0.1, 0.15) is 83.1 Å². The first-order valence-corrected chi connectivity index (χ1v) is 42.0. The Hall–Kier alpha value is -10.2. The van der Waals surface area contributed by atoms with Gasteiger partial charge in [0.15, 0.2) is 47.3 Å². The number of nitrogens with zero attached hydrogens (tertiary/aromatic N) is 2. The Bertz CT molecular complexity index is 5010. The molecule has 8 heterocycles. The lowest BCUT2D eigenvalue weighted by atomic mass is 9.84. The smallest absolute Gasteiger partial charge is 0.330 e. The molecule has 6 aromatic rings. The fraction of sp³-hybridized carbons (Fsp3) is 0.489. The number of aromatic hydroxyl groups is 3. The quantitative estimate of drug-likeness (QED) is 0.0324. The summed E-state index contributed by atoms with van der Waals surface area (Å²) >= 11 is 14.4. The van der Waals surface area contributed by atoms with E-state index in [2.05, 4.69) is 36.4 Å². The summed E-state index contributed by atoms with van der Waals surface area (Å²) in [6.45, 7) is 17.8. The molecule has 124 heavy (non-hydrogen) atoms. The van der Waals surface area contributed by atoms with E-state index < -0.39 is 238 Å². The number of Topliss-reactive ketones (excluding diaryl/α,β-unsaturated/α-hetero) is 3. The monoisotopic (exact) mass is 1760 g/mol. The van der Waals surface area contributed by atoms with Crippen LogP contribution in [0.15, 0.2) is 91.0 Å². The standard InChI is InChI=1S/C88H106Cl2N8O26/c1-9-23-118-78-41(5)25-48(26-42(78)6)61(105)38-98-21-19-97(20-22-98)18-17-92-88(8)37-68(119-43(7)81(88)111)123-80-77(110)76(109)66(39-99)122-87(80)124-79-64-31-49-32-65(79)121-63-16-13-47(29-56(63)90)75(108)73-85(115)94-71(86(116)117)54-34-51(100)35-58(102)69(54)53-27-45(11-14-57(53)101)52(84(114)96-73)36-60(104)70(49)93-83(113)50(33-67(91)106)30-59(103)72(95-82(112)44(10-2)24-40(3)4)74(107)46-12-15-62(120-64)55(89)28-46/h11-16,25-29,31-32,34-35,40,43-44,50,52,66,68,70-77,80-81,87,92,99-102,107-111H,9-10,17-24,30,33,36-39H2,1-8H3,(H2,91,106)(H,93,113)(H,94,115)(H,95,112)(H,96,114)(H,116,117)/t43-,44+,50?,52+,66+,68-,70?,71+,72-,73-,74+,75+,76+,77-,80+,81+,87-,88-/m0/s1. The van der Waals surface area contributed by atoms with Gasteiger partial charge in [0.25, 0.3) is 0 Å². The molecule has 36 heteroatoms. The van der Waals surface area contributed by atoms with E-state index in [1.165, 1.54) is 24.3 Å². The molecule has 34 nitrogen and oxygen atoms in total. The van der Waals surface area contributed by atoms with Crippen molar-refractivity contribution in [1.29, 1.82) is 0 Å². The van der Waals surface area contributed by atoms with Crippen molar-refractivity contribution in [3.63, 3.8) is 0 Å². The highest BCUT2D eigenvalue weighted by atomic mass is 35.5. The number of carbonyl (C=O) groups excluding carboxylic acids is 8. The summed E-state index contributed by atoms with van der Waals surface area (Å²) in [6, 6.07) is 9.45. The molecule has 668 valence electrons. The van der Waals surface area contributed by atoms with E-state index >= 15 is 24.0 Å². The number of halogens is 2. The SMILES string of the molecule is CCCOc1c(C)cc(C(=O)CN2CCN(CCN[C@@]3(C)C[C@H](O[C@H]4[C@H](Oc5c6cc7cc5Oc5ccc(cc5Cl)[C@@H](O)[C@@H](NC(=O)[C@H](CC)CC(C)C)C(=O)CC(CC(N)=O)C(=O)NC7C(=O)C[C@H]5C(=O)N[C@H](C(=O)N[C@@H](C(=O)O)c7cc(O)cc(O)c7-c7cc5ccc7O)[C@H](O)c5ccc(c(Cl)c5)O6)O[C@H](CO)[C@@H](O)[C@@H]4O)O[C@@H](C)[C@H]3O)CC2)cc1C. The molecule has 0 radical (unpaired) electrons. The topological polar surface area (TPSA) is 513 Å². The number of ketones is 3. The molecule has 14 rings (SSSR count). The van der Waals surface area contributed by atoms with Crippen LogP contribution in [0.2, 0.25) is 10.0 Å². The molecule has 17 N–H and O–H groups in total. The Morgan fingerprint density at radius 2 is 1.35 bits per heavy atom. The molecule has 0 spiro atoms. The molecule has 18 atom stereocenters. The number of carboxylic acid groups (broad SMARTS) is 1. The highest BCUT2D eigenvalue weighted by Gasteiger charge is 2.52. The van der Waals surface area contributed by atoms with E-state index in [0.717, 1.165) is 77.9 Å². The van der Waals surface area contributed by atoms with Crippen molar-refractivity contribution in [2.75, 3.05) is 59.0 Å². The van der Waals surface area contributed by atoms with Crippen LogP contribution in [0.25, 0.3) is 11.1 Å². The number of hydrogen-bond acceptors (Lipinski definition) is 28. The predicted molar refractivity (Wildman–Crippen MR) is 446 cm³/mol. The highest BCUT2D eigenvalue weighted by molar-refractivity contribution is 6.32. The van der Waals surface area contributed by atoms with Crippen molar-refractivity contribution in [2.45, 2.75) is 197 Å². The van der Waals surface area contributed by atoms with Crippen LogP contribution >= 0.6 is 23.2 Å². The number of piperazine rings is 1. The number of ether oxygens (including phenoxy) is 7. The van der Waals surface area contributed by atoms with E-state index in [4.69, 9.17) is 62.1 Å². The van der Waals surface area contributed by atoms with Crippen LogP contribution in [0.1, 0.15) is 166 Å². The molecular formula is C88H106Cl2N8O26. The number of fused-ring (bicyclic) bond motifs is 15. The van der Waals surface area contributed by atoms with Gasteiger partial charge in [-0.1, -0.05) is 69.1 Å². The first-order valence-electron chi connectivity index (χ1n) is 41.3. The van der Waals surface area contributed by atoms with Crippen molar-refractivity contribution in [2.24, 2.45) is 23.5 Å². The first-order chi connectivity index (χ1) is 58.8. The molecule has 8 aliphatic heterocycles. The normalized spacial score (nSPS) is 27.3. The number of aliphatic hydroxyl groups is 6. The lowest BCUT2D eigenvalue weighted by Gasteiger charge is -2.48. The minimum absolute atomic E-state index is 0.0117. The second kappa shape index (κ2) is 39.6. The number of aliphatic carboxylic acids is 1. The third kappa shape index (κ3) is 20.8. The zero-order valence-electron chi connectivity index (χ0n) is 69.6. The molecule has 11 bridgehead atoms. The van der Waals surface area contributed by atoms with Crippen LogP contribution < -0.4 is 51.3 Å². The Kier molecular flexibility index (Phi) is 29.7. The van der Waals surface area contributed by atoms with Gasteiger partial charge in [0.2, 0.25) is 41.6 Å². The van der Waals surface area contributed by atoms with Gasteiger partial charge in [0.05, 0.1) is 53.8 Å². The van der Waals surface area contributed by atoms with E-state index in [1.54, 1.807) is 20.8 Å². The van der Waals surface area contributed by atoms with E-state index in [-0.39, 0.29) is 69.9 Å². The number of nitrogens with one attached hydrogen (secondary N) is 5. The number of nitrogens with two attached hydrogens (primary N) is 1. The summed E-state index contributed by atoms with van der Waals surface area (Å²) in [5, 5.41) is 130. The average Bonchev–Trinajstić information content (AvgIpc) is 0.764. The minimum atomic E-state index is -2.26. The molecule has 3 fully saturated rings. The second-order valence-corrected chi connectivity index (χ2v) is 34.0. The molecule has 3 saturated heterocycles. The van der Waals surface area contributed by atoms with Gasteiger partial charge in [-0.05, 0) is 153 Å². The number of rotatable bonds is 23. The van der Waals surface area contributed by atoms with Crippen LogP contribution in [0, 0.1) is 31.6 Å². The van der Waals surface area contributed by atoms with E-state index in [9.17, 15) is 70.2 Å². The van der Waals surface area contributed by atoms with Crippen molar-refractivity contribution >= 4 is 76.1 Å². The lowest BCUT2D eigenvalue weighted by Crippen LogP contribution is -2.66. The molecular weight excluding hydrogens is 1660 g/mol. The number of carboxylic acids is 1.